The van der Waals surface area contributed by atoms with Crippen LogP contribution in [0.3, 0.4) is 0 Å². The first kappa shape index (κ1) is 14.8. The lowest BCUT2D eigenvalue weighted by Gasteiger charge is -2.20. The van der Waals surface area contributed by atoms with E-state index in [0.717, 1.165) is 21.5 Å². The number of benzene rings is 3. The summed E-state index contributed by atoms with van der Waals surface area (Å²) in [5.74, 6) is 0. The zero-order valence-corrected chi connectivity index (χ0v) is 13.1. The molecule has 0 spiro atoms. The van der Waals surface area contributed by atoms with Gasteiger partial charge in [0.15, 0.2) is 7.14 Å². The van der Waals surface area contributed by atoms with Crippen LogP contribution in [0.1, 0.15) is 5.56 Å². The summed E-state index contributed by atoms with van der Waals surface area (Å²) >= 11 is 0. The lowest BCUT2D eigenvalue weighted by Crippen LogP contribution is -2.25. The second kappa shape index (κ2) is 6.31. The van der Waals surface area contributed by atoms with Gasteiger partial charge in [-0.25, -0.2) is 0 Å². The summed E-state index contributed by atoms with van der Waals surface area (Å²) in [6.45, 7) is 0.487. The summed E-state index contributed by atoms with van der Waals surface area (Å²) in [5, 5.41) is 2.53. The first-order chi connectivity index (χ1) is 10.7. The van der Waals surface area contributed by atoms with Gasteiger partial charge in [-0.15, -0.1) is 0 Å². The monoisotopic (exact) mass is 307 g/mol. The van der Waals surface area contributed by atoms with E-state index in [1.165, 1.54) is 0 Å². The molecule has 3 aromatic carbocycles. The molecule has 0 saturated carbocycles. The van der Waals surface area contributed by atoms with Crippen LogP contribution in [0, 0.1) is 0 Å². The highest BCUT2D eigenvalue weighted by atomic mass is 31.2. The van der Waals surface area contributed by atoms with Gasteiger partial charge in [-0.1, -0.05) is 84.9 Å². The molecule has 3 rings (SSSR count). The van der Waals surface area contributed by atoms with Gasteiger partial charge in [0.1, 0.15) is 0 Å². The second-order valence-electron chi connectivity index (χ2n) is 5.15. The molecule has 110 valence electrons. The summed E-state index contributed by atoms with van der Waals surface area (Å²) < 4.78 is 14.0. The highest BCUT2D eigenvalue weighted by molar-refractivity contribution is 7.85. The Morgan fingerprint density at radius 1 is 0.636 bits per heavy atom. The predicted molar refractivity (Wildman–Crippen MR) is 93.7 cm³/mol. The van der Waals surface area contributed by atoms with Gasteiger partial charge in [0.2, 0.25) is 0 Å². The Bertz CT molecular complexity index is 739. The van der Waals surface area contributed by atoms with Crippen molar-refractivity contribution < 1.29 is 4.57 Å². The Labute approximate surface area is 131 Å². The highest BCUT2D eigenvalue weighted by Crippen LogP contribution is 2.42. The van der Waals surface area contributed by atoms with Crippen molar-refractivity contribution in [2.24, 2.45) is 5.73 Å². The van der Waals surface area contributed by atoms with Gasteiger partial charge in [-0.05, 0) is 5.56 Å². The molecule has 0 radical (unpaired) electrons. The summed E-state index contributed by atoms with van der Waals surface area (Å²) in [5.41, 5.74) is 6.70. The standard InChI is InChI=1S/C19H18NOP/c20-15-16-11-13-19(14-12-16)22(21,17-7-3-1-4-8-17)18-9-5-2-6-10-18/h1-14H,15,20H2. The fourth-order valence-electron chi connectivity index (χ4n) is 2.57. The maximum absolute atomic E-state index is 14.0. The van der Waals surface area contributed by atoms with Gasteiger partial charge in [-0.2, -0.15) is 0 Å². The Balaban J connectivity index is 2.21. The van der Waals surface area contributed by atoms with E-state index in [2.05, 4.69) is 0 Å². The van der Waals surface area contributed by atoms with Crippen LogP contribution in [0.4, 0.5) is 0 Å². The number of hydrogen-bond acceptors (Lipinski definition) is 2. The van der Waals surface area contributed by atoms with Crippen LogP contribution in [-0.2, 0) is 11.1 Å². The zero-order chi connectivity index (χ0) is 15.4. The average Bonchev–Trinajstić information content (AvgIpc) is 2.62. The van der Waals surface area contributed by atoms with Crippen LogP contribution in [-0.4, -0.2) is 0 Å². The Morgan fingerprint density at radius 2 is 1.05 bits per heavy atom. The first-order valence-electron chi connectivity index (χ1n) is 7.26. The molecular weight excluding hydrogens is 289 g/mol. The predicted octanol–water partition coefficient (Wildman–Crippen LogP) is 2.78. The van der Waals surface area contributed by atoms with Crippen molar-refractivity contribution in [3.8, 4) is 0 Å². The van der Waals surface area contributed by atoms with Gasteiger partial charge < -0.3 is 10.3 Å². The Morgan fingerprint density at radius 3 is 1.45 bits per heavy atom. The van der Waals surface area contributed by atoms with Crippen LogP contribution < -0.4 is 21.6 Å². The van der Waals surface area contributed by atoms with Crippen LogP contribution in [0.2, 0.25) is 0 Å². The second-order valence-corrected chi connectivity index (χ2v) is 7.92. The molecule has 0 aliphatic carbocycles. The molecule has 2 N–H and O–H groups in total. The maximum atomic E-state index is 14.0. The van der Waals surface area contributed by atoms with E-state index in [9.17, 15) is 4.57 Å². The molecule has 0 saturated heterocycles. The van der Waals surface area contributed by atoms with E-state index < -0.39 is 7.14 Å². The molecule has 3 heteroatoms. The lowest BCUT2D eigenvalue weighted by atomic mass is 10.2. The molecule has 0 unspecified atom stereocenters. The van der Waals surface area contributed by atoms with Gasteiger partial charge in [0, 0.05) is 22.5 Å². The molecule has 0 bridgehead atoms. The highest BCUT2D eigenvalue weighted by Gasteiger charge is 2.29. The summed E-state index contributed by atoms with van der Waals surface area (Å²) in [6, 6.07) is 27.1. The molecule has 0 aliphatic rings. The van der Waals surface area contributed by atoms with Crippen LogP contribution in [0.25, 0.3) is 0 Å². The third-order valence-corrected chi connectivity index (χ3v) is 6.85. The minimum atomic E-state index is -2.85. The molecule has 0 fully saturated rings. The normalized spacial score (nSPS) is 11.3. The molecule has 3 aromatic rings. The molecule has 0 aromatic heterocycles. The molecule has 0 atom stereocenters. The summed E-state index contributed by atoms with van der Waals surface area (Å²) in [6.07, 6.45) is 0. The van der Waals surface area contributed by atoms with Crippen LogP contribution in [0.5, 0.6) is 0 Å². The minimum absolute atomic E-state index is 0.487. The van der Waals surface area contributed by atoms with Gasteiger partial charge in [-0.3, -0.25) is 0 Å². The van der Waals surface area contributed by atoms with E-state index >= 15 is 0 Å². The van der Waals surface area contributed by atoms with Crippen molar-refractivity contribution in [2.45, 2.75) is 6.54 Å². The SMILES string of the molecule is NCc1ccc(P(=O)(c2ccccc2)c2ccccc2)cc1. The van der Waals surface area contributed by atoms with Crippen molar-refractivity contribution in [3.63, 3.8) is 0 Å². The van der Waals surface area contributed by atoms with Crippen LogP contribution in [0.15, 0.2) is 84.9 Å². The fourth-order valence-corrected chi connectivity index (χ4v) is 5.21. The van der Waals surface area contributed by atoms with E-state index in [0.29, 0.717) is 6.54 Å². The van der Waals surface area contributed by atoms with Gasteiger partial charge in [0.25, 0.3) is 0 Å². The quantitative estimate of drug-likeness (QED) is 0.753. The minimum Gasteiger partial charge on any atom is -0.326 e. The fraction of sp³-hybridized carbons (Fsp3) is 0.0526. The third-order valence-electron chi connectivity index (χ3n) is 3.78. The summed E-state index contributed by atoms with van der Waals surface area (Å²) in [7, 11) is -2.85. The van der Waals surface area contributed by atoms with Crippen molar-refractivity contribution in [1.82, 2.24) is 0 Å². The van der Waals surface area contributed by atoms with Gasteiger partial charge in [0.05, 0.1) is 0 Å². The largest absolute Gasteiger partial charge is 0.326 e. The lowest BCUT2D eigenvalue weighted by molar-refractivity contribution is 0.592. The molecular formula is C19H18NOP. The Kier molecular flexibility index (Phi) is 4.24. The molecule has 0 amide bonds. The van der Waals surface area contributed by atoms with E-state index in [-0.39, 0.29) is 0 Å². The van der Waals surface area contributed by atoms with E-state index in [1.54, 1.807) is 0 Å². The molecule has 0 heterocycles. The Hall–Kier alpha value is -2.15. The molecule has 0 aliphatic heterocycles. The van der Waals surface area contributed by atoms with Gasteiger partial charge >= 0.3 is 0 Å². The van der Waals surface area contributed by atoms with E-state index in [4.69, 9.17) is 5.73 Å². The zero-order valence-electron chi connectivity index (χ0n) is 12.2. The topological polar surface area (TPSA) is 43.1 Å². The maximum Gasteiger partial charge on any atom is 0.171 e. The van der Waals surface area contributed by atoms with Crippen molar-refractivity contribution in [2.75, 3.05) is 0 Å². The third kappa shape index (κ3) is 2.64. The average molecular weight is 307 g/mol. The van der Waals surface area contributed by atoms with Crippen LogP contribution >= 0.6 is 7.14 Å². The number of rotatable bonds is 4. The van der Waals surface area contributed by atoms with Crippen molar-refractivity contribution >= 4 is 23.1 Å². The molecule has 22 heavy (non-hydrogen) atoms. The smallest absolute Gasteiger partial charge is 0.171 e. The number of hydrogen-bond donors (Lipinski definition) is 1. The summed E-state index contributed by atoms with van der Waals surface area (Å²) in [4.78, 5) is 0. The van der Waals surface area contributed by atoms with Crippen molar-refractivity contribution in [1.29, 1.82) is 0 Å². The first-order valence-corrected chi connectivity index (χ1v) is 8.96. The van der Waals surface area contributed by atoms with E-state index in [1.807, 2.05) is 84.9 Å². The molecule has 2 nitrogen and oxygen atoms in total. The van der Waals surface area contributed by atoms with Crippen molar-refractivity contribution in [3.05, 3.63) is 90.5 Å². The number of nitrogens with two attached hydrogens (primary N) is 1.